The fourth-order valence-corrected chi connectivity index (χ4v) is 6.31. The summed E-state index contributed by atoms with van der Waals surface area (Å²) in [5.74, 6) is -1.11. The topological polar surface area (TPSA) is 66.5 Å². The molecule has 0 bridgehead atoms. The lowest BCUT2D eigenvalue weighted by molar-refractivity contribution is -0.126. The van der Waals surface area contributed by atoms with Crippen molar-refractivity contribution in [3.8, 4) is 0 Å². The normalized spacial score (nSPS) is 18.7. The van der Waals surface area contributed by atoms with E-state index in [-0.39, 0.29) is 42.3 Å². The first-order chi connectivity index (χ1) is 15.3. The van der Waals surface area contributed by atoms with Gasteiger partial charge in [0.1, 0.15) is 5.82 Å². The van der Waals surface area contributed by atoms with Crippen molar-refractivity contribution in [2.45, 2.75) is 57.2 Å². The Morgan fingerprint density at radius 1 is 1.09 bits per heavy atom. The van der Waals surface area contributed by atoms with Gasteiger partial charge in [-0.15, -0.1) is 0 Å². The number of fused-ring (bicyclic) bond motifs is 1. The molecule has 0 spiro atoms. The summed E-state index contributed by atoms with van der Waals surface area (Å²) in [7, 11) is -3.62. The third kappa shape index (κ3) is 5.21. The predicted octanol–water partition coefficient (Wildman–Crippen LogP) is 4.12. The Balaban J connectivity index is 1.32. The fourth-order valence-electron chi connectivity index (χ4n) is 4.74. The Hall–Kier alpha value is -2.25. The number of benzene rings is 2. The third-order valence-electron chi connectivity index (χ3n) is 6.75. The number of halogens is 1. The number of hydrogen-bond donors (Lipinski definition) is 1. The van der Waals surface area contributed by atoms with Crippen LogP contribution in [-0.2, 0) is 33.4 Å². The Bertz CT molecular complexity index is 1080. The van der Waals surface area contributed by atoms with E-state index in [9.17, 15) is 17.6 Å². The third-order valence-corrected chi connectivity index (χ3v) is 8.57. The highest BCUT2D eigenvalue weighted by atomic mass is 32.2. The Morgan fingerprint density at radius 2 is 1.78 bits per heavy atom. The predicted molar refractivity (Wildman–Crippen MR) is 123 cm³/mol. The minimum atomic E-state index is -3.62. The van der Waals surface area contributed by atoms with Crippen molar-refractivity contribution >= 4 is 15.9 Å². The maximum absolute atomic E-state index is 13.9. The molecule has 1 unspecified atom stereocenters. The molecule has 0 saturated carbocycles. The van der Waals surface area contributed by atoms with Crippen molar-refractivity contribution in [2.75, 3.05) is 13.1 Å². The van der Waals surface area contributed by atoms with Crippen LogP contribution in [0.5, 0.6) is 0 Å². The van der Waals surface area contributed by atoms with E-state index in [2.05, 4.69) is 23.5 Å². The number of nitrogens with zero attached hydrogens (tertiary/aromatic N) is 1. The second kappa shape index (κ2) is 9.71. The van der Waals surface area contributed by atoms with E-state index in [1.54, 1.807) is 12.1 Å². The highest BCUT2D eigenvalue weighted by molar-refractivity contribution is 7.88. The molecule has 1 heterocycles. The quantitative estimate of drug-likeness (QED) is 0.708. The highest BCUT2D eigenvalue weighted by Gasteiger charge is 2.32. The average molecular weight is 459 g/mol. The molecule has 1 atom stereocenters. The Labute approximate surface area is 190 Å². The zero-order chi connectivity index (χ0) is 22.7. The monoisotopic (exact) mass is 458 g/mol. The van der Waals surface area contributed by atoms with Crippen LogP contribution in [0, 0.1) is 11.7 Å². The van der Waals surface area contributed by atoms with Crippen LogP contribution in [0.15, 0.2) is 42.5 Å². The van der Waals surface area contributed by atoms with E-state index < -0.39 is 15.8 Å². The molecule has 5 nitrogen and oxygen atoms in total. The minimum absolute atomic E-state index is 0.0265. The van der Waals surface area contributed by atoms with E-state index in [1.165, 1.54) is 40.4 Å². The standard InChI is InChI=1S/C25H31FN2O3S/c1-18(21-11-10-19-6-2-3-7-22(19)16-21)27-25(29)20-12-14-28(15-13-20)32(30,31)17-23-8-4-5-9-24(23)26/h4-5,8-11,16,18,20H,2-3,6-7,12-15,17H2,1H3,(H,27,29). The maximum atomic E-state index is 13.9. The summed E-state index contributed by atoms with van der Waals surface area (Å²) in [6, 6.07) is 12.4. The van der Waals surface area contributed by atoms with Gasteiger partial charge in [-0.1, -0.05) is 36.4 Å². The molecule has 32 heavy (non-hydrogen) atoms. The molecule has 1 amide bonds. The van der Waals surface area contributed by atoms with Crippen LogP contribution >= 0.6 is 0 Å². The van der Waals surface area contributed by atoms with E-state index in [4.69, 9.17) is 0 Å². The highest BCUT2D eigenvalue weighted by Crippen LogP contribution is 2.26. The van der Waals surface area contributed by atoms with Crippen LogP contribution in [0.2, 0.25) is 0 Å². The lowest BCUT2D eigenvalue weighted by atomic mass is 9.89. The van der Waals surface area contributed by atoms with Gasteiger partial charge in [-0.2, -0.15) is 0 Å². The maximum Gasteiger partial charge on any atom is 0.223 e. The molecule has 1 aliphatic heterocycles. The summed E-state index contributed by atoms with van der Waals surface area (Å²) in [5.41, 5.74) is 4.10. The zero-order valence-corrected chi connectivity index (χ0v) is 19.3. The van der Waals surface area contributed by atoms with Gasteiger partial charge in [0.05, 0.1) is 11.8 Å². The number of sulfonamides is 1. The molecular weight excluding hydrogens is 427 g/mol. The van der Waals surface area contributed by atoms with Crippen LogP contribution in [0.25, 0.3) is 0 Å². The van der Waals surface area contributed by atoms with Gasteiger partial charge in [-0.05, 0) is 68.2 Å². The first kappa shape index (κ1) is 22.9. The van der Waals surface area contributed by atoms with Crippen molar-refractivity contribution in [3.63, 3.8) is 0 Å². The molecule has 1 fully saturated rings. The smallest absolute Gasteiger partial charge is 0.223 e. The molecule has 172 valence electrons. The van der Waals surface area contributed by atoms with E-state index in [1.807, 2.05) is 6.92 Å². The molecule has 1 aliphatic carbocycles. The first-order valence-corrected chi connectivity index (χ1v) is 13.1. The van der Waals surface area contributed by atoms with Crippen molar-refractivity contribution in [1.82, 2.24) is 9.62 Å². The number of carbonyl (C=O) groups is 1. The number of piperidine rings is 1. The van der Waals surface area contributed by atoms with Crippen LogP contribution in [0.4, 0.5) is 4.39 Å². The number of aryl methyl sites for hydroxylation is 2. The van der Waals surface area contributed by atoms with E-state index in [0.717, 1.165) is 18.4 Å². The summed E-state index contributed by atoms with van der Waals surface area (Å²) in [5, 5.41) is 3.12. The summed E-state index contributed by atoms with van der Waals surface area (Å²) < 4.78 is 40.7. The molecule has 0 radical (unpaired) electrons. The largest absolute Gasteiger partial charge is 0.349 e. The van der Waals surface area contributed by atoms with Gasteiger partial charge in [0.15, 0.2) is 0 Å². The van der Waals surface area contributed by atoms with Gasteiger partial charge in [0.25, 0.3) is 0 Å². The molecule has 7 heteroatoms. The zero-order valence-electron chi connectivity index (χ0n) is 18.5. The van der Waals surface area contributed by atoms with Gasteiger partial charge < -0.3 is 5.32 Å². The average Bonchev–Trinajstić information content (AvgIpc) is 2.80. The molecule has 4 rings (SSSR count). The second-order valence-corrected chi connectivity index (χ2v) is 11.0. The summed E-state index contributed by atoms with van der Waals surface area (Å²) in [6.45, 7) is 2.56. The van der Waals surface area contributed by atoms with Crippen LogP contribution in [0.1, 0.15) is 60.9 Å². The number of nitrogens with one attached hydrogen (secondary N) is 1. The molecule has 2 aromatic carbocycles. The first-order valence-electron chi connectivity index (χ1n) is 11.5. The van der Waals surface area contributed by atoms with Crippen molar-refractivity contribution in [3.05, 3.63) is 70.5 Å². The Morgan fingerprint density at radius 3 is 2.50 bits per heavy atom. The van der Waals surface area contributed by atoms with Gasteiger partial charge in [0, 0.05) is 24.6 Å². The second-order valence-electron chi connectivity index (χ2n) is 8.99. The minimum Gasteiger partial charge on any atom is -0.349 e. The van der Waals surface area contributed by atoms with Crippen LogP contribution in [-0.4, -0.2) is 31.7 Å². The van der Waals surface area contributed by atoms with Crippen molar-refractivity contribution in [1.29, 1.82) is 0 Å². The van der Waals surface area contributed by atoms with E-state index in [0.29, 0.717) is 12.8 Å². The van der Waals surface area contributed by atoms with Gasteiger partial charge in [0.2, 0.25) is 15.9 Å². The number of carbonyl (C=O) groups excluding carboxylic acids is 1. The Kier molecular flexibility index (Phi) is 6.96. The number of amides is 1. The summed E-state index contributed by atoms with van der Waals surface area (Å²) in [4.78, 5) is 12.8. The molecular formula is C25H31FN2O3S. The number of hydrogen-bond acceptors (Lipinski definition) is 3. The fraction of sp³-hybridized carbons (Fsp3) is 0.480. The van der Waals surface area contributed by atoms with Crippen molar-refractivity contribution < 1.29 is 17.6 Å². The molecule has 2 aromatic rings. The molecule has 0 aromatic heterocycles. The van der Waals surface area contributed by atoms with Gasteiger partial charge >= 0.3 is 0 Å². The van der Waals surface area contributed by atoms with Crippen LogP contribution in [0.3, 0.4) is 0 Å². The lowest BCUT2D eigenvalue weighted by Gasteiger charge is -2.31. The van der Waals surface area contributed by atoms with E-state index >= 15 is 0 Å². The van der Waals surface area contributed by atoms with Crippen LogP contribution < -0.4 is 5.32 Å². The molecule has 1 N–H and O–H groups in total. The van der Waals surface area contributed by atoms with Gasteiger partial charge in [-0.25, -0.2) is 17.1 Å². The number of rotatable bonds is 6. The summed E-state index contributed by atoms with van der Waals surface area (Å²) in [6.07, 6.45) is 5.64. The summed E-state index contributed by atoms with van der Waals surface area (Å²) >= 11 is 0. The molecule has 1 saturated heterocycles. The molecule has 2 aliphatic rings. The van der Waals surface area contributed by atoms with Crippen molar-refractivity contribution in [2.24, 2.45) is 5.92 Å². The lowest BCUT2D eigenvalue weighted by Crippen LogP contribution is -2.43. The SMILES string of the molecule is CC(NC(=O)C1CCN(S(=O)(=O)Cc2ccccc2F)CC1)c1ccc2c(c1)CCCC2. The van der Waals surface area contributed by atoms with Gasteiger partial charge in [-0.3, -0.25) is 4.79 Å².